The van der Waals surface area contributed by atoms with Gasteiger partial charge in [-0.05, 0) is 52.7 Å². The molecule has 2 heterocycles. The molecule has 32 heavy (non-hydrogen) atoms. The van der Waals surface area contributed by atoms with Crippen molar-refractivity contribution >= 4 is 17.6 Å². The summed E-state index contributed by atoms with van der Waals surface area (Å²) in [5, 5.41) is 24.3. The van der Waals surface area contributed by atoms with Gasteiger partial charge < -0.3 is 19.7 Å². The molecule has 0 amide bonds. The van der Waals surface area contributed by atoms with Crippen LogP contribution in [0.1, 0.15) is 57.3 Å². The van der Waals surface area contributed by atoms with Crippen LogP contribution in [0.2, 0.25) is 5.15 Å². The van der Waals surface area contributed by atoms with E-state index in [9.17, 15) is 23.8 Å². The quantitative estimate of drug-likeness (QED) is 0.341. The van der Waals surface area contributed by atoms with Gasteiger partial charge in [0.2, 0.25) is 5.88 Å². The molecule has 0 unspecified atom stereocenters. The van der Waals surface area contributed by atoms with Crippen molar-refractivity contribution in [3.8, 4) is 11.7 Å². The van der Waals surface area contributed by atoms with Gasteiger partial charge in [0.15, 0.2) is 11.6 Å². The Kier molecular flexibility index (Phi) is 6.27. The van der Waals surface area contributed by atoms with Crippen LogP contribution in [0.25, 0.3) is 5.82 Å². The van der Waals surface area contributed by atoms with Gasteiger partial charge in [0, 0.05) is 24.1 Å². The van der Waals surface area contributed by atoms with Crippen molar-refractivity contribution in [2.45, 2.75) is 64.3 Å². The largest absolute Gasteiger partial charge is 0.471 e. The third kappa shape index (κ3) is 5.73. The fourth-order valence-electron chi connectivity index (χ4n) is 3.25. The topological polar surface area (TPSA) is 107 Å². The van der Waals surface area contributed by atoms with E-state index in [1.165, 1.54) is 29.1 Å². The van der Waals surface area contributed by atoms with Crippen molar-refractivity contribution in [3.63, 3.8) is 0 Å². The number of nitrogens with zero attached hydrogens (tertiary/aromatic N) is 3. The molecule has 0 aromatic carbocycles. The molecule has 0 spiro atoms. The second kappa shape index (κ2) is 8.24. The van der Waals surface area contributed by atoms with Crippen LogP contribution in [0.4, 0.5) is 8.78 Å². The molecule has 11 heteroatoms. The number of hydrogen-bond acceptors (Lipinski definition) is 7. The summed E-state index contributed by atoms with van der Waals surface area (Å²) in [5.74, 6) is -5.75. The van der Waals surface area contributed by atoms with Crippen LogP contribution >= 0.6 is 11.6 Å². The first-order chi connectivity index (χ1) is 14.6. The van der Waals surface area contributed by atoms with Crippen molar-refractivity contribution in [1.82, 2.24) is 14.8 Å². The summed E-state index contributed by atoms with van der Waals surface area (Å²) in [6.45, 7) is 5.35. The van der Waals surface area contributed by atoms with Crippen LogP contribution < -0.4 is 4.74 Å². The van der Waals surface area contributed by atoms with Crippen LogP contribution in [0.5, 0.6) is 5.88 Å². The highest BCUT2D eigenvalue weighted by Gasteiger charge is 2.61. The van der Waals surface area contributed by atoms with Gasteiger partial charge in [-0.1, -0.05) is 11.6 Å². The molecule has 176 valence electrons. The third-order valence-electron chi connectivity index (χ3n) is 5.11. The van der Waals surface area contributed by atoms with Crippen LogP contribution in [0.3, 0.4) is 0 Å². The molecule has 0 bridgehead atoms. The molecule has 1 aliphatic rings. The second-order valence-electron chi connectivity index (χ2n) is 9.22. The molecule has 1 aliphatic carbocycles. The fraction of sp³-hybridized carbons (Fsp3) is 0.571. The van der Waals surface area contributed by atoms with Crippen molar-refractivity contribution < 1.29 is 33.3 Å². The number of ether oxygens (including phenoxy) is 2. The summed E-state index contributed by atoms with van der Waals surface area (Å²) in [5.41, 5.74) is -2.01. The summed E-state index contributed by atoms with van der Waals surface area (Å²) in [6, 6.07) is 4.40. The average Bonchev–Trinajstić information content (AvgIpc) is 3.25. The lowest BCUT2D eigenvalue weighted by Gasteiger charge is -2.30. The maximum Gasteiger partial charge on any atom is 0.341 e. The molecule has 2 aromatic rings. The van der Waals surface area contributed by atoms with Crippen molar-refractivity contribution in [2.24, 2.45) is 5.41 Å². The van der Waals surface area contributed by atoms with Gasteiger partial charge in [-0.2, -0.15) is 0 Å². The molecule has 0 radical (unpaired) electrons. The van der Waals surface area contributed by atoms with Gasteiger partial charge in [-0.25, -0.2) is 23.2 Å². The highest BCUT2D eigenvalue weighted by Crippen LogP contribution is 2.60. The Morgan fingerprint density at radius 2 is 1.88 bits per heavy atom. The van der Waals surface area contributed by atoms with Crippen LogP contribution in [0.15, 0.2) is 24.4 Å². The van der Waals surface area contributed by atoms with Gasteiger partial charge in [0.25, 0.3) is 5.92 Å². The number of carbonyl (C=O) groups excluding carboxylic acids is 1. The monoisotopic (exact) mass is 473 g/mol. The summed E-state index contributed by atoms with van der Waals surface area (Å²) in [6.07, 6.45) is 1.42. The maximum atomic E-state index is 13.7. The maximum absolute atomic E-state index is 13.7. The summed E-state index contributed by atoms with van der Waals surface area (Å²) < 4.78 is 39.3. The van der Waals surface area contributed by atoms with E-state index in [-0.39, 0.29) is 35.3 Å². The number of hydrogen-bond donors (Lipinski definition) is 2. The molecule has 0 atom stereocenters. The lowest BCUT2D eigenvalue weighted by Crippen LogP contribution is -2.42. The van der Waals surface area contributed by atoms with Gasteiger partial charge in [-0.15, -0.1) is 5.10 Å². The minimum atomic E-state index is -3.01. The first-order valence-electron chi connectivity index (χ1n) is 10.0. The number of rotatable bonds is 8. The van der Waals surface area contributed by atoms with Gasteiger partial charge in [0.05, 0.1) is 5.56 Å². The number of alkyl halides is 2. The molecule has 3 rings (SSSR count). The van der Waals surface area contributed by atoms with Gasteiger partial charge in [0.1, 0.15) is 17.4 Å². The van der Waals surface area contributed by atoms with Crippen LogP contribution in [-0.4, -0.2) is 54.9 Å². The highest BCUT2D eigenvalue weighted by atomic mass is 35.5. The second-order valence-corrected chi connectivity index (χ2v) is 9.58. The predicted molar refractivity (Wildman–Crippen MR) is 111 cm³/mol. The number of carbonyl (C=O) groups is 1. The number of esters is 1. The Hall–Kier alpha value is -2.30. The Bertz CT molecular complexity index is 994. The minimum absolute atomic E-state index is 0.0275. The molecular weight excluding hydrogens is 448 g/mol. The van der Waals surface area contributed by atoms with E-state index in [0.717, 1.165) is 6.92 Å². The van der Waals surface area contributed by atoms with Gasteiger partial charge in [-0.3, -0.25) is 0 Å². The standard InChI is InChI=1S/C21H26ClF2N3O5/c1-18(2,3)32-17(28)13-5-6-14(25-16(13)22)27-10-7-15(26-27)31-12-21(29,30)11-20(8-9-20)19(4,23)24/h5-7,10,29-30H,8-9,11-12H2,1-4H3. The van der Waals surface area contributed by atoms with Crippen LogP contribution in [-0.2, 0) is 4.74 Å². The summed E-state index contributed by atoms with van der Waals surface area (Å²) in [7, 11) is 0. The first-order valence-corrected chi connectivity index (χ1v) is 10.4. The Morgan fingerprint density at radius 1 is 1.22 bits per heavy atom. The SMILES string of the molecule is CC(C)(C)OC(=O)c1ccc(-n2ccc(OCC(O)(O)CC3(C(C)(F)F)CC3)n2)nc1Cl. The van der Waals surface area contributed by atoms with E-state index in [1.54, 1.807) is 20.8 Å². The normalized spacial score (nSPS) is 16.0. The number of pyridine rings is 1. The smallest absolute Gasteiger partial charge is 0.341 e. The third-order valence-corrected chi connectivity index (χ3v) is 5.40. The number of aromatic nitrogens is 3. The zero-order chi connectivity index (χ0) is 23.9. The number of aliphatic hydroxyl groups is 2. The molecule has 1 fully saturated rings. The lowest BCUT2D eigenvalue weighted by atomic mass is 9.90. The fourth-order valence-corrected chi connectivity index (χ4v) is 3.48. The molecule has 8 nitrogen and oxygen atoms in total. The van der Waals surface area contributed by atoms with Crippen molar-refractivity contribution in [2.75, 3.05) is 6.61 Å². The molecule has 0 aliphatic heterocycles. The number of halogens is 3. The molecule has 2 aromatic heterocycles. The van der Waals surface area contributed by atoms with E-state index in [0.29, 0.717) is 0 Å². The lowest BCUT2D eigenvalue weighted by molar-refractivity contribution is -0.213. The van der Waals surface area contributed by atoms with Crippen molar-refractivity contribution in [1.29, 1.82) is 0 Å². The highest BCUT2D eigenvalue weighted by molar-refractivity contribution is 6.32. The summed E-state index contributed by atoms with van der Waals surface area (Å²) in [4.78, 5) is 16.3. The Morgan fingerprint density at radius 3 is 2.41 bits per heavy atom. The van der Waals surface area contributed by atoms with E-state index in [2.05, 4.69) is 10.1 Å². The van der Waals surface area contributed by atoms with Crippen molar-refractivity contribution in [3.05, 3.63) is 35.1 Å². The zero-order valence-electron chi connectivity index (χ0n) is 18.2. The molecule has 0 saturated heterocycles. The van der Waals surface area contributed by atoms with E-state index < -0.39 is 41.7 Å². The zero-order valence-corrected chi connectivity index (χ0v) is 19.0. The van der Waals surface area contributed by atoms with Crippen LogP contribution in [0, 0.1) is 5.41 Å². The van der Waals surface area contributed by atoms with E-state index in [1.807, 2.05) is 0 Å². The Balaban J connectivity index is 1.64. The first kappa shape index (κ1) is 24.3. The molecule has 2 N–H and O–H groups in total. The van der Waals surface area contributed by atoms with E-state index in [4.69, 9.17) is 21.1 Å². The van der Waals surface area contributed by atoms with Gasteiger partial charge >= 0.3 is 5.97 Å². The van der Waals surface area contributed by atoms with E-state index >= 15 is 0 Å². The minimum Gasteiger partial charge on any atom is -0.471 e. The summed E-state index contributed by atoms with van der Waals surface area (Å²) >= 11 is 6.12. The molecular formula is C21H26ClF2N3O5. The Labute approximate surface area is 189 Å². The predicted octanol–water partition coefficient (Wildman–Crippen LogP) is 3.76. The average molecular weight is 474 g/mol. The molecule has 1 saturated carbocycles.